The molecule has 0 aliphatic rings. The Bertz CT molecular complexity index is 1190. The zero-order chi connectivity index (χ0) is 26.4. The predicted octanol–water partition coefficient (Wildman–Crippen LogP) is 10.9. The van der Waals surface area contributed by atoms with E-state index in [0.29, 0.717) is 22.9 Å². The normalized spacial score (nSPS) is 13.5. The smallest absolute Gasteiger partial charge is 0.170 e. The zero-order valence-corrected chi connectivity index (χ0v) is 24.9. The molecule has 3 heterocycles. The summed E-state index contributed by atoms with van der Waals surface area (Å²) >= 11 is 3.97. The van der Waals surface area contributed by atoms with Gasteiger partial charge in [-0.05, 0) is 58.7 Å². The lowest BCUT2D eigenvalue weighted by molar-refractivity contribution is 0.449. The van der Waals surface area contributed by atoms with Crippen LogP contribution in [0.3, 0.4) is 0 Å². The summed E-state index contributed by atoms with van der Waals surface area (Å²) in [6, 6.07) is 4.06. The van der Waals surface area contributed by atoms with Crippen molar-refractivity contribution < 1.29 is 8.78 Å². The fourth-order valence-electron chi connectivity index (χ4n) is 5.17. The maximum atomic E-state index is 15.7. The highest BCUT2D eigenvalue weighted by molar-refractivity contribution is 7.14. The monoisotopic (exact) mass is 560 g/mol. The molecule has 0 aliphatic carbocycles. The van der Waals surface area contributed by atoms with E-state index in [2.05, 4.69) is 47.2 Å². The van der Waals surface area contributed by atoms with Gasteiger partial charge < -0.3 is 0 Å². The molecular weight excluding hydrogens is 523 g/mol. The van der Waals surface area contributed by atoms with Gasteiger partial charge in [0.05, 0.1) is 22.9 Å². The van der Waals surface area contributed by atoms with E-state index in [4.69, 9.17) is 0 Å². The highest BCUT2D eigenvalue weighted by Crippen LogP contribution is 2.43. The summed E-state index contributed by atoms with van der Waals surface area (Å²) in [6.45, 7) is 8.90. The van der Waals surface area contributed by atoms with Gasteiger partial charge in [0, 0.05) is 9.75 Å². The van der Waals surface area contributed by atoms with Crippen molar-refractivity contribution in [3.05, 3.63) is 45.7 Å². The lowest BCUT2D eigenvalue weighted by Gasteiger charge is -2.13. The SMILES string of the molecule is CCCCC(CC)Cc1csc(-c2c(F)c(F)c(-c3cc(CC(CC)CCCC)cs3)c3nsnc23)c1. The average molecular weight is 561 g/mol. The Labute approximate surface area is 232 Å². The maximum absolute atomic E-state index is 15.7. The number of hydrogen-bond acceptors (Lipinski definition) is 5. The molecule has 37 heavy (non-hydrogen) atoms. The predicted molar refractivity (Wildman–Crippen MR) is 158 cm³/mol. The number of halogens is 2. The van der Waals surface area contributed by atoms with Crippen LogP contribution < -0.4 is 0 Å². The van der Waals surface area contributed by atoms with Crippen molar-refractivity contribution in [3.8, 4) is 20.9 Å². The number of thiophene rings is 2. The van der Waals surface area contributed by atoms with Crippen LogP contribution in [0.25, 0.3) is 31.9 Å². The molecule has 0 N–H and O–H groups in total. The van der Waals surface area contributed by atoms with Crippen LogP contribution in [0.2, 0.25) is 0 Å². The number of aromatic nitrogens is 2. The van der Waals surface area contributed by atoms with Crippen molar-refractivity contribution in [1.29, 1.82) is 0 Å². The molecule has 0 saturated carbocycles. The average Bonchev–Trinajstić information content (AvgIpc) is 3.67. The highest BCUT2D eigenvalue weighted by atomic mass is 32.1. The summed E-state index contributed by atoms with van der Waals surface area (Å²) < 4.78 is 40.4. The Morgan fingerprint density at radius 1 is 0.703 bits per heavy atom. The Morgan fingerprint density at radius 3 is 1.51 bits per heavy atom. The first-order valence-electron chi connectivity index (χ1n) is 13.8. The van der Waals surface area contributed by atoms with Gasteiger partial charge in [-0.15, -0.1) is 22.7 Å². The molecule has 0 fully saturated rings. The van der Waals surface area contributed by atoms with Crippen molar-refractivity contribution in [1.82, 2.24) is 8.75 Å². The van der Waals surface area contributed by atoms with Crippen LogP contribution in [-0.2, 0) is 12.8 Å². The summed E-state index contributed by atoms with van der Waals surface area (Å²) in [7, 11) is 0. The van der Waals surface area contributed by atoms with Crippen LogP contribution in [0, 0.1) is 23.5 Å². The Balaban J connectivity index is 1.65. The maximum Gasteiger partial charge on any atom is 0.170 e. The van der Waals surface area contributed by atoms with E-state index < -0.39 is 11.6 Å². The minimum atomic E-state index is -0.814. The lowest BCUT2D eigenvalue weighted by Crippen LogP contribution is -2.02. The van der Waals surface area contributed by atoms with E-state index in [1.165, 1.54) is 72.3 Å². The van der Waals surface area contributed by atoms with Crippen molar-refractivity contribution in [2.24, 2.45) is 11.8 Å². The molecule has 4 aromatic rings. The first-order valence-corrected chi connectivity index (χ1v) is 16.3. The number of rotatable bonds is 14. The molecule has 3 aromatic heterocycles. The molecule has 1 aromatic carbocycles. The van der Waals surface area contributed by atoms with Gasteiger partial charge in [-0.25, -0.2) is 8.78 Å². The number of fused-ring (bicyclic) bond motifs is 1. The zero-order valence-electron chi connectivity index (χ0n) is 22.4. The standard InChI is InChI=1S/C30H38F2N2S3/c1-5-9-11-19(7-3)13-21-15-23(35-17-21)25-27(31)28(32)26(30-29(25)33-37-34-30)24-16-22(18-36-24)14-20(8-4)12-10-6-2/h15-20H,5-14H2,1-4H3. The molecule has 0 radical (unpaired) electrons. The molecule has 0 amide bonds. The number of benzene rings is 1. The van der Waals surface area contributed by atoms with Crippen LogP contribution >= 0.6 is 34.4 Å². The molecule has 7 heteroatoms. The molecule has 200 valence electrons. The second-order valence-electron chi connectivity index (χ2n) is 10.2. The minimum absolute atomic E-state index is 0.255. The summed E-state index contributed by atoms with van der Waals surface area (Å²) in [6.07, 6.45) is 11.5. The molecule has 0 saturated heterocycles. The third kappa shape index (κ3) is 6.48. The Kier molecular flexibility index (Phi) is 10.2. The number of nitrogens with zero attached hydrogens (tertiary/aromatic N) is 2. The molecule has 2 nitrogen and oxygen atoms in total. The van der Waals surface area contributed by atoms with E-state index >= 15 is 8.78 Å². The van der Waals surface area contributed by atoms with Crippen molar-refractivity contribution in [2.45, 2.75) is 91.9 Å². The molecule has 4 rings (SSSR count). The molecule has 0 aliphatic heterocycles. The van der Waals surface area contributed by atoms with E-state index in [-0.39, 0.29) is 11.1 Å². The molecule has 0 bridgehead atoms. The van der Waals surface area contributed by atoms with Crippen molar-refractivity contribution in [3.63, 3.8) is 0 Å². The quantitative estimate of drug-likeness (QED) is 0.153. The molecule has 0 spiro atoms. The van der Waals surface area contributed by atoms with Gasteiger partial charge in [0.25, 0.3) is 0 Å². The van der Waals surface area contributed by atoms with Crippen molar-refractivity contribution in [2.75, 3.05) is 0 Å². The van der Waals surface area contributed by atoms with Crippen LogP contribution in [0.1, 0.15) is 90.2 Å². The number of hydrogen-bond donors (Lipinski definition) is 0. The lowest BCUT2D eigenvalue weighted by atomic mass is 9.92. The minimum Gasteiger partial charge on any atom is -0.203 e. The van der Waals surface area contributed by atoms with E-state index in [1.54, 1.807) is 0 Å². The second-order valence-corrected chi connectivity index (χ2v) is 12.6. The van der Waals surface area contributed by atoms with Gasteiger partial charge in [0.1, 0.15) is 11.0 Å². The van der Waals surface area contributed by atoms with E-state index in [0.717, 1.165) is 47.2 Å². The van der Waals surface area contributed by atoms with Gasteiger partial charge >= 0.3 is 0 Å². The number of unbranched alkanes of at least 4 members (excludes halogenated alkanes) is 2. The largest absolute Gasteiger partial charge is 0.203 e. The van der Waals surface area contributed by atoms with Gasteiger partial charge in [-0.1, -0.05) is 79.1 Å². The second kappa shape index (κ2) is 13.4. The van der Waals surface area contributed by atoms with Crippen molar-refractivity contribution >= 4 is 45.4 Å². The first-order chi connectivity index (χ1) is 18.0. The van der Waals surface area contributed by atoms with Gasteiger partial charge in [0.15, 0.2) is 11.6 Å². The summed E-state index contributed by atoms with van der Waals surface area (Å²) in [5.74, 6) is -0.388. The third-order valence-electron chi connectivity index (χ3n) is 7.53. The van der Waals surface area contributed by atoms with Crippen LogP contribution in [0.15, 0.2) is 22.9 Å². The Hall–Kier alpha value is -1.70. The third-order valence-corrected chi connectivity index (χ3v) is 10.1. The van der Waals surface area contributed by atoms with Gasteiger partial charge in [-0.3, -0.25) is 0 Å². The molecular formula is C30H38F2N2S3. The highest BCUT2D eigenvalue weighted by Gasteiger charge is 2.27. The van der Waals surface area contributed by atoms with Gasteiger partial charge in [0.2, 0.25) is 0 Å². The first kappa shape index (κ1) is 28.3. The van der Waals surface area contributed by atoms with Gasteiger partial charge in [-0.2, -0.15) is 8.75 Å². The van der Waals surface area contributed by atoms with Crippen LogP contribution in [0.5, 0.6) is 0 Å². The molecule has 2 atom stereocenters. The fraction of sp³-hybridized carbons (Fsp3) is 0.533. The topological polar surface area (TPSA) is 25.8 Å². The van der Waals surface area contributed by atoms with Crippen LogP contribution in [0.4, 0.5) is 8.78 Å². The summed E-state index contributed by atoms with van der Waals surface area (Å²) in [5.41, 5.74) is 3.83. The Morgan fingerprint density at radius 2 is 1.14 bits per heavy atom. The summed E-state index contributed by atoms with van der Waals surface area (Å²) in [5, 5.41) is 4.18. The summed E-state index contributed by atoms with van der Waals surface area (Å²) in [4.78, 5) is 1.46. The van der Waals surface area contributed by atoms with E-state index in [1.807, 2.05) is 12.1 Å². The fourth-order valence-corrected chi connectivity index (χ4v) is 7.67. The van der Waals surface area contributed by atoms with Crippen LogP contribution in [-0.4, -0.2) is 8.75 Å². The van der Waals surface area contributed by atoms with E-state index in [9.17, 15) is 0 Å². The molecule has 2 unspecified atom stereocenters.